The molecule has 1 aliphatic rings. The van der Waals surface area contributed by atoms with E-state index in [0.29, 0.717) is 23.2 Å². The molecular formula is C18H23N3O2. The van der Waals surface area contributed by atoms with Crippen molar-refractivity contribution in [3.8, 4) is 0 Å². The number of rotatable bonds is 4. The zero-order chi connectivity index (χ0) is 16.4. The molecule has 0 unspecified atom stereocenters. The van der Waals surface area contributed by atoms with Crippen LogP contribution in [0.1, 0.15) is 73.1 Å². The van der Waals surface area contributed by atoms with Crippen LogP contribution in [0.3, 0.4) is 0 Å². The number of carbonyl (C=O) groups excluding carboxylic acids is 1. The van der Waals surface area contributed by atoms with Crippen molar-refractivity contribution in [2.45, 2.75) is 57.9 Å². The van der Waals surface area contributed by atoms with E-state index in [1.807, 2.05) is 24.3 Å². The van der Waals surface area contributed by atoms with Crippen LogP contribution in [-0.4, -0.2) is 16.0 Å². The molecule has 5 nitrogen and oxygen atoms in total. The highest BCUT2D eigenvalue weighted by Gasteiger charge is 2.41. The van der Waals surface area contributed by atoms with Crippen molar-refractivity contribution >= 4 is 5.91 Å². The Morgan fingerprint density at radius 3 is 2.39 bits per heavy atom. The van der Waals surface area contributed by atoms with Gasteiger partial charge in [-0.25, -0.2) is 0 Å². The van der Waals surface area contributed by atoms with Crippen molar-refractivity contribution < 1.29 is 9.32 Å². The number of aryl methyl sites for hydroxylation is 1. The predicted molar refractivity (Wildman–Crippen MR) is 87.2 cm³/mol. The van der Waals surface area contributed by atoms with Gasteiger partial charge in [0.1, 0.15) is 5.54 Å². The summed E-state index contributed by atoms with van der Waals surface area (Å²) in [7, 11) is 0. The van der Waals surface area contributed by atoms with E-state index in [9.17, 15) is 4.79 Å². The smallest absolute Gasteiger partial charge is 0.252 e. The van der Waals surface area contributed by atoms with Crippen LogP contribution in [0.4, 0.5) is 0 Å². The summed E-state index contributed by atoms with van der Waals surface area (Å²) >= 11 is 0. The van der Waals surface area contributed by atoms with E-state index in [4.69, 9.17) is 4.52 Å². The number of benzene rings is 1. The first-order valence-corrected chi connectivity index (χ1v) is 8.23. The van der Waals surface area contributed by atoms with Crippen LogP contribution in [0.25, 0.3) is 0 Å². The highest BCUT2D eigenvalue weighted by molar-refractivity contribution is 5.94. The van der Waals surface area contributed by atoms with Crippen LogP contribution >= 0.6 is 0 Å². The second kappa shape index (κ2) is 6.14. The molecule has 1 N–H and O–H groups in total. The molecule has 1 aliphatic carbocycles. The van der Waals surface area contributed by atoms with Crippen molar-refractivity contribution in [3.63, 3.8) is 0 Å². The monoisotopic (exact) mass is 313 g/mol. The van der Waals surface area contributed by atoms with E-state index < -0.39 is 5.54 Å². The van der Waals surface area contributed by atoms with Gasteiger partial charge in [-0.15, -0.1) is 0 Å². The van der Waals surface area contributed by atoms with E-state index in [1.165, 1.54) is 5.56 Å². The molecule has 3 rings (SSSR count). The SMILES string of the molecule is Cc1nc(C2(NC(=O)c3ccc(C(C)C)cc3)CCCC2)no1. The Hall–Kier alpha value is -2.17. The molecule has 0 aliphatic heterocycles. The summed E-state index contributed by atoms with van der Waals surface area (Å²) in [6, 6.07) is 7.79. The van der Waals surface area contributed by atoms with Crippen molar-refractivity contribution in [1.29, 1.82) is 0 Å². The molecule has 0 atom stereocenters. The second-order valence-electron chi connectivity index (χ2n) is 6.66. The summed E-state index contributed by atoms with van der Waals surface area (Å²) in [5, 5.41) is 7.22. The minimum Gasteiger partial charge on any atom is -0.340 e. The molecule has 1 aromatic heterocycles. The number of nitrogens with one attached hydrogen (secondary N) is 1. The van der Waals surface area contributed by atoms with Crippen LogP contribution < -0.4 is 5.32 Å². The molecule has 1 amide bonds. The van der Waals surface area contributed by atoms with Crippen LogP contribution in [0.15, 0.2) is 28.8 Å². The van der Waals surface area contributed by atoms with Crippen molar-refractivity contribution in [1.82, 2.24) is 15.5 Å². The lowest BCUT2D eigenvalue weighted by molar-refractivity contribution is 0.0892. The number of carbonyl (C=O) groups is 1. The first-order valence-electron chi connectivity index (χ1n) is 8.23. The number of amides is 1. The van der Waals surface area contributed by atoms with Gasteiger partial charge in [0.05, 0.1) is 0 Å². The van der Waals surface area contributed by atoms with E-state index in [2.05, 4.69) is 29.3 Å². The first-order chi connectivity index (χ1) is 11.0. The van der Waals surface area contributed by atoms with Gasteiger partial charge in [0.25, 0.3) is 5.91 Å². The van der Waals surface area contributed by atoms with E-state index in [-0.39, 0.29) is 5.91 Å². The lowest BCUT2D eigenvalue weighted by Gasteiger charge is -2.26. The number of nitrogens with zero attached hydrogens (tertiary/aromatic N) is 2. The maximum Gasteiger partial charge on any atom is 0.252 e. The minimum absolute atomic E-state index is 0.0790. The van der Waals surface area contributed by atoms with Gasteiger partial charge in [-0.2, -0.15) is 4.98 Å². The summed E-state index contributed by atoms with van der Waals surface area (Å²) in [4.78, 5) is 17.0. The molecule has 0 spiro atoms. The fraction of sp³-hybridized carbons (Fsp3) is 0.500. The largest absolute Gasteiger partial charge is 0.340 e. The molecule has 2 aromatic rings. The number of hydrogen-bond donors (Lipinski definition) is 1. The zero-order valence-corrected chi connectivity index (χ0v) is 13.9. The molecule has 0 bridgehead atoms. The van der Waals surface area contributed by atoms with Crippen molar-refractivity contribution in [2.75, 3.05) is 0 Å². The average molecular weight is 313 g/mol. The van der Waals surface area contributed by atoms with E-state index in [0.717, 1.165) is 25.7 Å². The van der Waals surface area contributed by atoms with Gasteiger partial charge in [-0.05, 0) is 36.5 Å². The van der Waals surface area contributed by atoms with Crippen LogP contribution in [0.2, 0.25) is 0 Å². The Morgan fingerprint density at radius 1 is 1.22 bits per heavy atom. The van der Waals surface area contributed by atoms with Crippen molar-refractivity contribution in [2.24, 2.45) is 0 Å². The van der Waals surface area contributed by atoms with Gasteiger partial charge in [0, 0.05) is 12.5 Å². The summed E-state index contributed by atoms with van der Waals surface area (Å²) in [5.41, 5.74) is 1.40. The van der Waals surface area contributed by atoms with Gasteiger partial charge < -0.3 is 9.84 Å². The quantitative estimate of drug-likeness (QED) is 0.934. The topological polar surface area (TPSA) is 68.0 Å². The van der Waals surface area contributed by atoms with Gasteiger partial charge in [-0.3, -0.25) is 4.79 Å². The molecule has 1 saturated carbocycles. The average Bonchev–Trinajstić information content (AvgIpc) is 3.17. The van der Waals surface area contributed by atoms with Gasteiger partial charge in [0.2, 0.25) is 5.89 Å². The fourth-order valence-electron chi connectivity index (χ4n) is 3.19. The predicted octanol–water partition coefficient (Wildman–Crippen LogP) is 3.70. The molecule has 0 radical (unpaired) electrons. The van der Waals surface area contributed by atoms with Crippen LogP contribution in [0.5, 0.6) is 0 Å². The molecule has 0 saturated heterocycles. The lowest BCUT2D eigenvalue weighted by Crippen LogP contribution is -2.44. The number of hydrogen-bond acceptors (Lipinski definition) is 4. The molecule has 23 heavy (non-hydrogen) atoms. The molecule has 1 fully saturated rings. The third-order valence-electron chi connectivity index (χ3n) is 4.61. The Kier molecular flexibility index (Phi) is 4.20. The Morgan fingerprint density at radius 2 is 1.87 bits per heavy atom. The third kappa shape index (κ3) is 3.14. The molecule has 5 heteroatoms. The standard InChI is InChI=1S/C18H23N3O2/c1-12(2)14-6-8-15(9-7-14)16(22)20-18(10-4-5-11-18)17-19-13(3)23-21-17/h6-9,12H,4-5,10-11H2,1-3H3,(H,20,22). The van der Waals surface area contributed by atoms with Crippen LogP contribution in [-0.2, 0) is 5.54 Å². The highest BCUT2D eigenvalue weighted by Crippen LogP contribution is 2.37. The second-order valence-corrected chi connectivity index (χ2v) is 6.66. The normalized spacial score (nSPS) is 16.7. The molecule has 122 valence electrons. The van der Waals surface area contributed by atoms with Crippen molar-refractivity contribution in [3.05, 3.63) is 47.1 Å². The Labute approximate surface area is 136 Å². The van der Waals surface area contributed by atoms with Gasteiger partial charge >= 0.3 is 0 Å². The van der Waals surface area contributed by atoms with E-state index >= 15 is 0 Å². The first kappa shape index (κ1) is 15.7. The maximum atomic E-state index is 12.7. The summed E-state index contributed by atoms with van der Waals surface area (Å²) < 4.78 is 5.12. The Bertz CT molecular complexity index is 683. The van der Waals surface area contributed by atoms with E-state index in [1.54, 1.807) is 6.92 Å². The fourth-order valence-corrected chi connectivity index (χ4v) is 3.19. The third-order valence-corrected chi connectivity index (χ3v) is 4.61. The summed E-state index contributed by atoms with van der Waals surface area (Å²) in [6.45, 7) is 6.05. The highest BCUT2D eigenvalue weighted by atomic mass is 16.5. The maximum absolute atomic E-state index is 12.7. The van der Waals surface area contributed by atoms with Crippen LogP contribution in [0, 0.1) is 6.92 Å². The minimum atomic E-state index is -0.494. The zero-order valence-electron chi connectivity index (χ0n) is 13.9. The Balaban J connectivity index is 1.81. The van der Waals surface area contributed by atoms with Gasteiger partial charge in [-0.1, -0.05) is 44.0 Å². The lowest BCUT2D eigenvalue weighted by atomic mass is 9.95. The summed E-state index contributed by atoms with van der Waals surface area (Å²) in [5.74, 6) is 1.50. The molecular weight excluding hydrogens is 290 g/mol. The number of aromatic nitrogens is 2. The molecule has 1 aromatic carbocycles. The van der Waals surface area contributed by atoms with Gasteiger partial charge in [0.15, 0.2) is 5.82 Å². The molecule has 1 heterocycles. The summed E-state index contributed by atoms with van der Waals surface area (Å²) in [6.07, 6.45) is 3.81.